The molecular weight excluding hydrogens is 175 g/mol. The standard InChI is InChI=1S/C12H27P/c1-5-12(6-2,7-3)10-8-9-11-13-4/h13H,5-11H2,1-4H3. The predicted molar refractivity (Wildman–Crippen MR) is 66.3 cm³/mol. The molecule has 0 N–H and O–H groups in total. The van der Waals surface area contributed by atoms with Crippen LogP contribution in [0.3, 0.4) is 0 Å². The van der Waals surface area contributed by atoms with Gasteiger partial charge in [-0.3, -0.25) is 0 Å². The molecule has 0 fully saturated rings. The minimum atomic E-state index is 0.677. The minimum Gasteiger partial charge on any atom is -0.125 e. The summed E-state index contributed by atoms with van der Waals surface area (Å²) >= 11 is 0. The molecule has 13 heavy (non-hydrogen) atoms. The molecule has 1 atom stereocenters. The monoisotopic (exact) mass is 202 g/mol. The zero-order valence-electron chi connectivity index (χ0n) is 9.95. The van der Waals surface area contributed by atoms with Gasteiger partial charge in [0.15, 0.2) is 0 Å². The Morgan fingerprint density at radius 1 is 0.923 bits per heavy atom. The van der Waals surface area contributed by atoms with E-state index in [1.165, 1.54) is 44.7 Å². The molecule has 0 radical (unpaired) electrons. The van der Waals surface area contributed by atoms with Crippen molar-refractivity contribution >= 4 is 8.58 Å². The van der Waals surface area contributed by atoms with Crippen LogP contribution in [0.1, 0.15) is 59.3 Å². The lowest BCUT2D eigenvalue weighted by Gasteiger charge is -2.30. The summed E-state index contributed by atoms with van der Waals surface area (Å²) in [6.07, 6.45) is 9.93. The highest BCUT2D eigenvalue weighted by molar-refractivity contribution is 7.36. The summed E-state index contributed by atoms with van der Waals surface area (Å²) in [7, 11) is 1.15. The molecule has 0 aromatic heterocycles. The third kappa shape index (κ3) is 5.01. The molecular formula is C12H27P. The van der Waals surface area contributed by atoms with Crippen LogP contribution in [0.4, 0.5) is 0 Å². The van der Waals surface area contributed by atoms with Gasteiger partial charge < -0.3 is 0 Å². The second-order valence-corrected chi connectivity index (χ2v) is 5.33. The highest BCUT2D eigenvalue weighted by atomic mass is 31.1. The van der Waals surface area contributed by atoms with Crippen LogP contribution in [-0.2, 0) is 0 Å². The summed E-state index contributed by atoms with van der Waals surface area (Å²) in [5.41, 5.74) is 0.677. The highest BCUT2D eigenvalue weighted by Gasteiger charge is 2.22. The zero-order valence-corrected chi connectivity index (χ0v) is 10.9. The second-order valence-electron chi connectivity index (χ2n) is 4.12. The molecule has 0 spiro atoms. The molecule has 0 aliphatic rings. The van der Waals surface area contributed by atoms with E-state index in [0.717, 1.165) is 8.58 Å². The number of hydrogen-bond donors (Lipinski definition) is 0. The van der Waals surface area contributed by atoms with Crippen molar-refractivity contribution in [1.29, 1.82) is 0 Å². The normalized spacial score (nSPS) is 12.9. The first-order chi connectivity index (χ1) is 6.24. The number of unbranched alkanes of at least 4 members (excludes halogenated alkanes) is 1. The van der Waals surface area contributed by atoms with E-state index in [2.05, 4.69) is 27.4 Å². The molecule has 1 unspecified atom stereocenters. The van der Waals surface area contributed by atoms with Crippen molar-refractivity contribution in [1.82, 2.24) is 0 Å². The maximum absolute atomic E-state index is 2.36. The topological polar surface area (TPSA) is 0 Å². The van der Waals surface area contributed by atoms with Crippen LogP contribution < -0.4 is 0 Å². The van der Waals surface area contributed by atoms with Gasteiger partial charge >= 0.3 is 0 Å². The van der Waals surface area contributed by atoms with E-state index in [1.807, 2.05) is 0 Å². The molecule has 80 valence electrons. The largest absolute Gasteiger partial charge is 0.125 e. The lowest BCUT2D eigenvalue weighted by Crippen LogP contribution is -2.17. The van der Waals surface area contributed by atoms with E-state index in [9.17, 15) is 0 Å². The lowest BCUT2D eigenvalue weighted by molar-refractivity contribution is 0.222. The van der Waals surface area contributed by atoms with Crippen LogP contribution in [0.2, 0.25) is 0 Å². The van der Waals surface area contributed by atoms with Crippen LogP contribution in [0.15, 0.2) is 0 Å². The molecule has 0 saturated carbocycles. The third-order valence-corrected chi connectivity index (χ3v) is 4.49. The Hall–Kier alpha value is 0.430. The van der Waals surface area contributed by atoms with Crippen molar-refractivity contribution in [2.24, 2.45) is 5.41 Å². The molecule has 0 aliphatic heterocycles. The van der Waals surface area contributed by atoms with Crippen LogP contribution in [0.25, 0.3) is 0 Å². The fraction of sp³-hybridized carbons (Fsp3) is 1.00. The van der Waals surface area contributed by atoms with Crippen LogP contribution in [0, 0.1) is 5.41 Å². The first-order valence-corrected chi connectivity index (χ1v) is 7.60. The van der Waals surface area contributed by atoms with E-state index in [0.29, 0.717) is 5.41 Å². The molecule has 0 aliphatic carbocycles. The van der Waals surface area contributed by atoms with E-state index in [1.54, 1.807) is 0 Å². The smallest absolute Gasteiger partial charge is 0.0305 e. The SMILES string of the molecule is CCC(CC)(CC)CCCCPC. The Balaban J connectivity index is 3.68. The molecule has 0 amide bonds. The lowest BCUT2D eigenvalue weighted by atomic mass is 9.76. The number of hydrogen-bond acceptors (Lipinski definition) is 0. The van der Waals surface area contributed by atoms with Crippen molar-refractivity contribution in [3.63, 3.8) is 0 Å². The van der Waals surface area contributed by atoms with Gasteiger partial charge in [-0.05, 0) is 31.1 Å². The maximum Gasteiger partial charge on any atom is -0.0305 e. The van der Waals surface area contributed by atoms with Crippen LogP contribution in [-0.4, -0.2) is 12.8 Å². The van der Waals surface area contributed by atoms with Crippen molar-refractivity contribution in [2.75, 3.05) is 12.8 Å². The van der Waals surface area contributed by atoms with Gasteiger partial charge in [0.25, 0.3) is 0 Å². The molecule has 1 heteroatoms. The fourth-order valence-electron chi connectivity index (χ4n) is 2.08. The van der Waals surface area contributed by atoms with Crippen molar-refractivity contribution in [3.05, 3.63) is 0 Å². The molecule has 0 rings (SSSR count). The molecule has 0 aromatic rings. The van der Waals surface area contributed by atoms with E-state index >= 15 is 0 Å². The van der Waals surface area contributed by atoms with Crippen molar-refractivity contribution < 1.29 is 0 Å². The summed E-state index contributed by atoms with van der Waals surface area (Å²) in [5.74, 6) is 0. The van der Waals surface area contributed by atoms with E-state index < -0.39 is 0 Å². The Morgan fingerprint density at radius 2 is 1.46 bits per heavy atom. The summed E-state index contributed by atoms with van der Waals surface area (Å²) in [6, 6.07) is 0. The van der Waals surface area contributed by atoms with E-state index in [-0.39, 0.29) is 0 Å². The summed E-state index contributed by atoms with van der Waals surface area (Å²) in [4.78, 5) is 0. The van der Waals surface area contributed by atoms with Crippen LogP contribution in [0.5, 0.6) is 0 Å². The van der Waals surface area contributed by atoms with Crippen LogP contribution >= 0.6 is 8.58 Å². The Morgan fingerprint density at radius 3 is 1.85 bits per heavy atom. The van der Waals surface area contributed by atoms with Gasteiger partial charge in [0.2, 0.25) is 0 Å². The van der Waals surface area contributed by atoms with Gasteiger partial charge in [-0.2, -0.15) is 0 Å². The fourth-order valence-corrected chi connectivity index (χ4v) is 2.69. The quantitative estimate of drug-likeness (QED) is 0.396. The summed E-state index contributed by atoms with van der Waals surface area (Å²) in [6.45, 7) is 9.38. The van der Waals surface area contributed by atoms with Gasteiger partial charge in [-0.15, -0.1) is 8.58 Å². The average molecular weight is 202 g/mol. The molecule has 0 saturated heterocycles. The van der Waals surface area contributed by atoms with Gasteiger partial charge in [-0.25, -0.2) is 0 Å². The maximum atomic E-state index is 2.36. The van der Waals surface area contributed by atoms with Crippen molar-refractivity contribution in [2.45, 2.75) is 59.3 Å². The summed E-state index contributed by atoms with van der Waals surface area (Å²) < 4.78 is 0. The molecule has 0 bridgehead atoms. The van der Waals surface area contributed by atoms with Gasteiger partial charge in [0.1, 0.15) is 0 Å². The first-order valence-electron chi connectivity index (χ1n) is 5.89. The Kier molecular flexibility index (Phi) is 8.06. The van der Waals surface area contributed by atoms with Gasteiger partial charge in [0, 0.05) is 0 Å². The Labute approximate surface area is 86.7 Å². The highest BCUT2D eigenvalue weighted by Crippen LogP contribution is 2.36. The van der Waals surface area contributed by atoms with Gasteiger partial charge in [0.05, 0.1) is 0 Å². The molecule has 0 heterocycles. The zero-order chi connectivity index (χ0) is 10.2. The van der Waals surface area contributed by atoms with Gasteiger partial charge in [-0.1, -0.05) is 46.5 Å². The second kappa shape index (κ2) is 7.80. The van der Waals surface area contributed by atoms with Crippen molar-refractivity contribution in [3.8, 4) is 0 Å². The summed E-state index contributed by atoms with van der Waals surface area (Å²) in [5, 5.41) is 0. The van der Waals surface area contributed by atoms with E-state index in [4.69, 9.17) is 0 Å². The third-order valence-electron chi connectivity index (χ3n) is 3.63. The first kappa shape index (κ1) is 13.4. The Bertz CT molecular complexity index is 97.4. The molecule has 0 nitrogen and oxygen atoms in total. The number of rotatable bonds is 8. The predicted octanol–water partition coefficient (Wildman–Crippen LogP) is 4.68. The molecule has 0 aromatic carbocycles. The average Bonchev–Trinajstić information content (AvgIpc) is 2.20. The minimum absolute atomic E-state index is 0.677.